The molecule has 0 fully saturated rings. The fraction of sp³-hybridized carbons (Fsp3) is 0.0625. The van der Waals surface area contributed by atoms with Crippen LogP contribution in [-0.2, 0) is 0 Å². The lowest BCUT2D eigenvalue weighted by Crippen LogP contribution is -1.91. The summed E-state index contributed by atoms with van der Waals surface area (Å²) in [4.78, 5) is 9.85. The normalized spacial score (nSPS) is 11.0. The van der Waals surface area contributed by atoms with Crippen molar-refractivity contribution >= 4 is 32.2 Å². The molecule has 0 saturated carbocycles. The van der Waals surface area contributed by atoms with Crippen LogP contribution in [0.1, 0.15) is 0 Å². The van der Waals surface area contributed by atoms with Crippen LogP contribution in [0, 0.1) is 0 Å². The van der Waals surface area contributed by atoms with E-state index in [0.717, 1.165) is 37.8 Å². The molecular weight excluding hydrogens is 376 g/mol. The predicted octanol–water partition coefficient (Wildman–Crippen LogP) is 4.29. The van der Waals surface area contributed by atoms with Crippen molar-refractivity contribution in [2.45, 2.75) is 0 Å². The number of rotatable bonds is 3. The summed E-state index contributed by atoms with van der Waals surface area (Å²) in [6.07, 6.45) is 1.77. The third-order valence-corrected chi connectivity index (χ3v) is 4.89. The topological polar surface area (TPSA) is 52.3 Å². The summed E-state index contributed by atoms with van der Waals surface area (Å²) < 4.78 is 8.17. The Morgan fingerprint density at radius 3 is 2.87 bits per heavy atom. The number of fused-ring (bicyclic) bond motifs is 1. The Hall–Kier alpha value is -2.25. The lowest BCUT2D eigenvalue weighted by atomic mass is 10.1. The number of imidazole rings is 1. The first-order chi connectivity index (χ1) is 11.3. The highest BCUT2D eigenvalue weighted by atomic mass is 79.9. The zero-order chi connectivity index (χ0) is 15.8. The number of pyridine rings is 1. The number of aromatic nitrogens is 4. The van der Waals surface area contributed by atoms with Crippen molar-refractivity contribution < 1.29 is 4.74 Å². The summed E-state index contributed by atoms with van der Waals surface area (Å²) >= 11 is 5.07. The molecule has 4 rings (SSSR count). The molecule has 4 aromatic rings. The Labute approximate surface area is 144 Å². The van der Waals surface area contributed by atoms with Crippen molar-refractivity contribution in [2.24, 2.45) is 0 Å². The monoisotopic (exact) mass is 386 g/mol. The Morgan fingerprint density at radius 2 is 2.13 bits per heavy atom. The van der Waals surface area contributed by atoms with E-state index < -0.39 is 0 Å². The molecule has 114 valence electrons. The van der Waals surface area contributed by atoms with Gasteiger partial charge < -0.3 is 4.74 Å². The van der Waals surface area contributed by atoms with E-state index >= 15 is 0 Å². The summed E-state index contributed by atoms with van der Waals surface area (Å²) in [6.45, 7) is 0. The molecule has 0 aliphatic carbocycles. The van der Waals surface area contributed by atoms with E-state index in [4.69, 9.17) is 4.74 Å². The maximum Gasteiger partial charge on any atom is 0.213 e. The molecule has 0 aliphatic heterocycles. The predicted molar refractivity (Wildman–Crippen MR) is 93.8 cm³/mol. The zero-order valence-corrected chi connectivity index (χ0v) is 14.5. The maximum atomic E-state index is 5.55. The van der Waals surface area contributed by atoms with Crippen molar-refractivity contribution in [3.8, 4) is 28.3 Å². The van der Waals surface area contributed by atoms with Gasteiger partial charge in [-0.25, -0.2) is 4.98 Å². The van der Waals surface area contributed by atoms with Crippen LogP contribution in [0.4, 0.5) is 0 Å². The van der Waals surface area contributed by atoms with Gasteiger partial charge in [-0.05, 0) is 40.2 Å². The Morgan fingerprint density at radius 1 is 1.22 bits per heavy atom. The van der Waals surface area contributed by atoms with Crippen LogP contribution in [0.15, 0.2) is 52.7 Å². The fourth-order valence-electron chi connectivity index (χ4n) is 2.42. The minimum atomic E-state index is 0.761. The third kappa shape index (κ3) is 2.42. The van der Waals surface area contributed by atoms with Crippen LogP contribution < -0.4 is 4.74 Å². The van der Waals surface area contributed by atoms with Crippen LogP contribution in [-0.4, -0.2) is 26.7 Å². The molecule has 3 heterocycles. The van der Waals surface area contributed by atoms with Crippen LogP contribution in [0.5, 0.6) is 5.75 Å². The molecule has 0 spiro atoms. The van der Waals surface area contributed by atoms with Gasteiger partial charge in [0.1, 0.15) is 21.6 Å². The summed E-state index contributed by atoms with van der Waals surface area (Å²) in [6, 6.07) is 11.8. The molecule has 0 amide bonds. The van der Waals surface area contributed by atoms with E-state index in [1.807, 2.05) is 36.4 Å². The van der Waals surface area contributed by atoms with Crippen molar-refractivity contribution in [3.05, 3.63) is 52.7 Å². The van der Waals surface area contributed by atoms with Gasteiger partial charge >= 0.3 is 0 Å². The number of halogens is 1. The molecule has 0 saturated heterocycles. The van der Waals surface area contributed by atoms with Crippen molar-refractivity contribution in [1.82, 2.24) is 19.6 Å². The average molecular weight is 387 g/mol. The second-order valence-electron chi connectivity index (χ2n) is 4.81. The molecule has 0 bridgehead atoms. The summed E-state index contributed by atoms with van der Waals surface area (Å²) in [5.41, 5.74) is 5.40. The lowest BCUT2D eigenvalue weighted by Gasteiger charge is -2.09. The average Bonchev–Trinajstić information content (AvgIpc) is 3.18. The molecule has 23 heavy (non-hydrogen) atoms. The quantitative estimate of drug-likeness (QED) is 0.526. The molecule has 0 aliphatic rings. The second-order valence-corrected chi connectivity index (χ2v) is 6.38. The molecule has 0 atom stereocenters. The molecule has 0 N–H and O–H groups in total. The Balaban J connectivity index is 1.85. The zero-order valence-electron chi connectivity index (χ0n) is 12.1. The smallest absolute Gasteiger partial charge is 0.213 e. The van der Waals surface area contributed by atoms with Crippen LogP contribution in [0.25, 0.3) is 27.5 Å². The first-order valence-corrected chi connectivity index (χ1v) is 8.52. The van der Waals surface area contributed by atoms with Gasteiger partial charge in [-0.3, -0.25) is 4.98 Å². The van der Waals surface area contributed by atoms with Crippen LogP contribution >= 0.6 is 27.3 Å². The van der Waals surface area contributed by atoms with Gasteiger partial charge in [-0.15, -0.1) is 0 Å². The van der Waals surface area contributed by atoms with Crippen molar-refractivity contribution in [2.75, 3.05) is 7.11 Å². The Kier molecular flexibility index (Phi) is 3.59. The summed E-state index contributed by atoms with van der Waals surface area (Å²) in [7, 11) is 1.66. The van der Waals surface area contributed by atoms with Gasteiger partial charge in [0.25, 0.3) is 0 Å². The highest BCUT2D eigenvalue weighted by Crippen LogP contribution is 2.36. The number of nitrogens with zero attached hydrogens (tertiary/aromatic N) is 4. The fourth-order valence-corrected chi connectivity index (χ4v) is 3.74. The van der Waals surface area contributed by atoms with Gasteiger partial charge in [-0.1, -0.05) is 23.5 Å². The van der Waals surface area contributed by atoms with Crippen LogP contribution in [0.2, 0.25) is 0 Å². The highest BCUT2D eigenvalue weighted by molar-refractivity contribution is 9.10. The second kappa shape index (κ2) is 5.75. The van der Waals surface area contributed by atoms with Gasteiger partial charge in [0.05, 0.1) is 12.8 Å². The Bertz CT molecular complexity index is 980. The molecule has 0 radical (unpaired) electrons. The molecule has 7 heteroatoms. The summed E-state index contributed by atoms with van der Waals surface area (Å²) in [5.74, 6) is 0.761. The molecule has 1 aromatic carbocycles. The first kappa shape index (κ1) is 14.3. The van der Waals surface area contributed by atoms with E-state index in [1.54, 1.807) is 23.3 Å². The standard InChI is InChI=1S/C16H11BrN4OS/c1-22-13-8-10(5-6-11(13)12-4-2-3-7-18-12)14-15(17)21-16(20-14)23-9-19-21/h2-9H,1H3. The van der Waals surface area contributed by atoms with Crippen molar-refractivity contribution in [3.63, 3.8) is 0 Å². The van der Waals surface area contributed by atoms with E-state index in [0.29, 0.717) is 0 Å². The first-order valence-electron chi connectivity index (χ1n) is 6.85. The van der Waals surface area contributed by atoms with E-state index in [9.17, 15) is 0 Å². The SMILES string of the molecule is COc1cc(-c2nc3scnn3c2Br)ccc1-c1ccccn1. The molecule has 0 unspecified atom stereocenters. The number of hydrogen-bond acceptors (Lipinski definition) is 5. The summed E-state index contributed by atoms with van der Waals surface area (Å²) in [5, 5.41) is 4.26. The number of hydrogen-bond donors (Lipinski definition) is 0. The number of methoxy groups -OCH3 is 1. The number of ether oxygens (including phenoxy) is 1. The molecule has 5 nitrogen and oxygen atoms in total. The van der Waals surface area contributed by atoms with Crippen molar-refractivity contribution in [1.29, 1.82) is 0 Å². The van der Waals surface area contributed by atoms with Gasteiger partial charge in [0.2, 0.25) is 4.96 Å². The van der Waals surface area contributed by atoms with Crippen LogP contribution in [0.3, 0.4) is 0 Å². The van der Waals surface area contributed by atoms with Gasteiger partial charge in [0.15, 0.2) is 0 Å². The minimum Gasteiger partial charge on any atom is -0.496 e. The van der Waals surface area contributed by atoms with E-state index in [1.165, 1.54) is 11.3 Å². The third-order valence-electron chi connectivity index (χ3n) is 3.51. The molecular formula is C16H11BrN4OS. The van der Waals surface area contributed by atoms with E-state index in [2.05, 4.69) is 31.0 Å². The molecule has 3 aromatic heterocycles. The van der Waals surface area contributed by atoms with Gasteiger partial charge in [0, 0.05) is 17.3 Å². The largest absolute Gasteiger partial charge is 0.496 e. The maximum absolute atomic E-state index is 5.55. The van der Waals surface area contributed by atoms with E-state index in [-0.39, 0.29) is 0 Å². The number of benzene rings is 1. The lowest BCUT2D eigenvalue weighted by molar-refractivity contribution is 0.416. The van der Waals surface area contributed by atoms with Gasteiger partial charge in [-0.2, -0.15) is 9.61 Å². The minimum absolute atomic E-state index is 0.761. The highest BCUT2D eigenvalue weighted by Gasteiger charge is 2.16.